The van der Waals surface area contributed by atoms with Gasteiger partial charge in [0.15, 0.2) is 12.1 Å². The molecule has 2 rings (SSSR count). The molecule has 0 bridgehead atoms. The lowest BCUT2D eigenvalue weighted by Gasteiger charge is -1.99. The first-order valence-electron chi connectivity index (χ1n) is 4.41. The second-order valence-electron chi connectivity index (χ2n) is 3.00. The number of carbonyl (C=O) groups excluding carboxylic acids is 1. The molecule has 15 heavy (non-hydrogen) atoms. The Morgan fingerprint density at radius 2 is 1.93 bits per heavy atom. The summed E-state index contributed by atoms with van der Waals surface area (Å²) in [6.45, 7) is 0. The number of aldehydes is 1. The van der Waals surface area contributed by atoms with Gasteiger partial charge in [-0.2, -0.15) is 0 Å². The summed E-state index contributed by atoms with van der Waals surface area (Å²) >= 11 is 0. The van der Waals surface area contributed by atoms with E-state index in [2.05, 4.69) is 9.97 Å². The maximum Gasteiger partial charge on any atom is 0.251 e. The van der Waals surface area contributed by atoms with Crippen LogP contribution in [0.5, 0.6) is 0 Å². The van der Waals surface area contributed by atoms with Gasteiger partial charge in [-0.3, -0.25) is 9.59 Å². The lowest BCUT2D eigenvalue weighted by atomic mass is 10.1. The summed E-state index contributed by atoms with van der Waals surface area (Å²) in [5, 5.41) is 0. The molecule has 0 aliphatic carbocycles. The van der Waals surface area contributed by atoms with Crippen LogP contribution in [0.3, 0.4) is 0 Å². The average Bonchev–Trinajstić information content (AvgIpc) is 2.29. The van der Waals surface area contributed by atoms with E-state index >= 15 is 0 Å². The second-order valence-corrected chi connectivity index (χ2v) is 3.00. The maximum atomic E-state index is 11.2. The van der Waals surface area contributed by atoms with Crippen molar-refractivity contribution in [2.24, 2.45) is 0 Å². The highest BCUT2D eigenvalue weighted by Crippen LogP contribution is 2.13. The number of rotatable bonds is 2. The summed E-state index contributed by atoms with van der Waals surface area (Å²) in [5.74, 6) is 0.0429. The van der Waals surface area contributed by atoms with Crippen molar-refractivity contribution in [1.29, 1.82) is 0 Å². The molecule has 0 unspecified atom stereocenters. The smallest absolute Gasteiger partial charge is 0.251 e. The molecule has 0 saturated carbocycles. The van der Waals surface area contributed by atoms with Gasteiger partial charge in [-0.1, -0.05) is 30.3 Å². The standard InChI is InChI=1S/C11H8N2O2/c14-7-10-12-9(6-11(15)13-10)8-4-2-1-3-5-8/h1-7H,(H,12,13,15). The highest BCUT2D eigenvalue weighted by Gasteiger charge is 2.01. The molecule has 1 aromatic heterocycles. The zero-order chi connectivity index (χ0) is 10.7. The third kappa shape index (κ3) is 1.99. The van der Waals surface area contributed by atoms with E-state index in [4.69, 9.17) is 0 Å². The normalized spacial score (nSPS) is 9.87. The molecule has 0 saturated heterocycles. The first kappa shape index (κ1) is 9.33. The first-order chi connectivity index (χ1) is 7.29. The Bertz CT molecular complexity index is 532. The summed E-state index contributed by atoms with van der Waals surface area (Å²) in [4.78, 5) is 28.0. The predicted octanol–water partition coefficient (Wildman–Crippen LogP) is 1.25. The topological polar surface area (TPSA) is 62.8 Å². The minimum absolute atomic E-state index is 0.0429. The average molecular weight is 200 g/mol. The lowest BCUT2D eigenvalue weighted by molar-refractivity contribution is 0.111. The highest BCUT2D eigenvalue weighted by atomic mass is 16.1. The molecule has 4 heteroatoms. The van der Waals surface area contributed by atoms with Crippen molar-refractivity contribution in [3.05, 3.63) is 52.6 Å². The molecule has 0 aliphatic heterocycles. The Labute approximate surface area is 85.6 Å². The van der Waals surface area contributed by atoms with E-state index in [-0.39, 0.29) is 11.4 Å². The Kier molecular flexibility index (Phi) is 2.41. The zero-order valence-electron chi connectivity index (χ0n) is 7.81. The van der Waals surface area contributed by atoms with Crippen LogP contribution in [0.15, 0.2) is 41.2 Å². The Morgan fingerprint density at radius 1 is 1.20 bits per heavy atom. The highest BCUT2D eigenvalue weighted by molar-refractivity contribution is 5.70. The fraction of sp³-hybridized carbons (Fsp3) is 0. The molecule has 0 spiro atoms. The molecular weight excluding hydrogens is 192 g/mol. The van der Waals surface area contributed by atoms with Crippen molar-refractivity contribution in [2.45, 2.75) is 0 Å². The van der Waals surface area contributed by atoms with Gasteiger partial charge in [0, 0.05) is 11.6 Å². The largest absolute Gasteiger partial charge is 0.304 e. The Hall–Kier alpha value is -2.23. The van der Waals surface area contributed by atoms with Crippen LogP contribution in [-0.4, -0.2) is 16.3 Å². The number of nitrogens with zero attached hydrogens (tertiary/aromatic N) is 1. The van der Waals surface area contributed by atoms with Crippen molar-refractivity contribution in [2.75, 3.05) is 0 Å². The minimum Gasteiger partial charge on any atom is -0.304 e. The van der Waals surface area contributed by atoms with Gasteiger partial charge in [0.2, 0.25) is 0 Å². The number of aromatic amines is 1. The Balaban J connectivity index is 2.59. The molecule has 1 heterocycles. The molecular formula is C11H8N2O2. The number of hydrogen-bond acceptors (Lipinski definition) is 3. The molecule has 0 radical (unpaired) electrons. The van der Waals surface area contributed by atoms with Crippen molar-refractivity contribution >= 4 is 6.29 Å². The van der Waals surface area contributed by atoms with Crippen LogP contribution >= 0.6 is 0 Å². The fourth-order valence-electron chi connectivity index (χ4n) is 1.29. The van der Waals surface area contributed by atoms with Crippen molar-refractivity contribution in [1.82, 2.24) is 9.97 Å². The SMILES string of the molecule is O=Cc1nc(-c2ccccc2)cc(=O)[nH]1. The van der Waals surface area contributed by atoms with Crippen molar-refractivity contribution in [3.63, 3.8) is 0 Å². The van der Waals surface area contributed by atoms with E-state index < -0.39 is 0 Å². The summed E-state index contributed by atoms with van der Waals surface area (Å²) in [5.41, 5.74) is 0.985. The maximum absolute atomic E-state index is 11.2. The summed E-state index contributed by atoms with van der Waals surface area (Å²) in [7, 11) is 0. The lowest BCUT2D eigenvalue weighted by Crippen LogP contribution is -2.10. The number of carbonyl (C=O) groups is 1. The molecule has 4 nitrogen and oxygen atoms in total. The van der Waals surface area contributed by atoms with Crippen LogP contribution in [0.1, 0.15) is 10.6 Å². The van der Waals surface area contributed by atoms with E-state index in [1.54, 1.807) is 0 Å². The molecule has 74 valence electrons. The summed E-state index contributed by atoms with van der Waals surface area (Å²) in [6.07, 6.45) is 0.522. The van der Waals surface area contributed by atoms with E-state index in [1.165, 1.54) is 6.07 Å². The van der Waals surface area contributed by atoms with Crippen LogP contribution in [0.2, 0.25) is 0 Å². The second kappa shape index (κ2) is 3.88. The summed E-state index contributed by atoms with van der Waals surface area (Å²) < 4.78 is 0. The summed E-state index contributed by atoms with van der Waals surface area (Å²) in [6, 6.07) is 10.6. The van der Waals surface area contributed by atoms with Crippen LogP contribution < -0.4 is 5.56 Å². The number of aromatic nitrogens is 2. The van der Waals surface area contributed by atoms with Crippen LogP contribution in [0, 0.1) is 0 Å². The zero-order valence-corrected chi connectivity index (χ0v) is 7.81. The minimum atomic E-state index is -0.328. The number of nitrogens with one attached hydrogen (secondary N) is 1. The third-order valence-corrected chi connectivity index (χ3v) is 1.94. The number of hydrogen-bond donors (Lipinski definition) is 1. The van der Waals surface area contributed by atoms with Crippen LogP contribution in [0.4, 0.5) is 0 Å². The van der Waals surface area contributed by atoms with Gasteiger partial charge in [0.25, 0.3) is 5.56 Å². The van der Waals surface area contributed by atoms with E-state index in [0.717, 1.165) is 5.56 Å². The molecule has 1 N–H and O–H groups in total. The van der Waals surface area contributed by atoms with E-state index in [9.17, 15) is 9.59 Å². The van der Waals surface area contributed by atoms with Gasteiger partial charge in [-0.25, -0.2) is 4.98 Å². The molecule has 0 aliphatic rings. The van der Waals surface area contributed by atoms with Gasteiger partial charge in [0.05, 0.1) is 5.69 Å². The van der Waals surface area contributed by atoms with Gasteiger partial charge in [-0.15, -0.1) is 0 Å². The monoisotopic (exact) mass is 200 g/mol. The predicted molar refractivity (Wildman–Crippen MR) is 55.7 cm³/mol. The van der Waals surface area contributed by atoms with Crippen LogP contribution in [-0.2, 0) is 0 Å². The third-order valence-electron chi connectivity index (χ3n) is 1.94. The van der Waals surface area contributed by atoms with Gasteiger partial charge in [-0.05, 0) is 0 Å². The van der Waals surface area contributed by atoms with Crippen molar-refractivity contribution < 1.29 is 4.79 Å². The number of benzene rings is 1. The van der Waals surface area contributed by atoms with Crippen LogP contribution in [0.25, 0.3) is 11.3 Å². The first-order valence-corrected chi connectivity index (χ1v) is 4.41. The molecule has 1 aromatic carbocycles. The fourth-order valence-corrected chi connectivity index (χ4v) is 1.29. The molecule has 0 atom stereocenters. The quantitative estimate of drug-likeness (QED) is 0.742. The van der Waals surface area contributed by atoms with E-state index in [1.807, 2.05) is 30.3 Å². The van der Waals surface area contributed by atoms with Gasteiger partial charge >= 0.3 is 0 Å². The number of H-pyrrole nitrogens is 1. The van der Waals surface area contributed by atoms with Crippen molar-refractivity contribution in [3.8, 4) is 11.3 Å². The van der Waals surface area contributed by atoms with Gasteiger partial charge in [0.1, 0.15) is 0 Å². The molecule has 0 fully saturated rings. The van der Waals surface area contributed by atoms with E-state index in [0.29, 0.717) is 12.0 Å². The molecule has 2 aromatic rings. The van der Waals surface area contributed by atoms with Gasteiger partial charge < -0.3 is 4.98 Å². The Morgan fingerprint density at radius 3 is 2.60 bits per heavy atom. The molecule has 0 amide bonds.